The van der Waals surface area contributed by atoms with Crippen molar-refractivity contribution >= 4 is 18.0 Å². The van der Waals surface area contributed by atoms with Gasteiger partial charge < -0.3 is 0 Å². The van der Waals surface area contributed by atoms with Gasteiger partial charge in [0.25, 0.3) is 0 Å². The topological polar surface area (TPSA) is 35.1 Å². The Hall–Kier alpha value is -1.59. The Morgan fingerprint density at radius 2 is 2.00 bits per heavy atom. The fourth-order valence-corrected chi connectivity index (χ4v) is 6.38. The summed E-state index contributed by atoms with van der Waals surface area (Å²) in [5, 5.41) is 0. The molecule has 3 heterocycles. The van der Waals surface area contributed by atoms with Crippen molar-refractivity contribution in [1.29, 1.82) is 0 Å². The Kier molecular flexibility index (Phi) is 2.43. The summed E-state index contributed by atoms with van der Waals surface area (Å²) in [7, 11) is 0. The number of aromatic nitrogens is 2. The predicted molar refractivity (Wildman–Crippen MR) is 75.7 cm³/mol. The molecule has 19 heavy (non-hydrogen) atoms. The Morgan fingerprint density at radius 1 is 1.26 bits per heavy atom. The number of halogens is 1. The molecule has 0 saturated heterocycles. The third-order valence-corrected chi connectivity index (χ3v) is 6.98. The standard InChI is InChI=1S/C13H15ClN2O2Si/c1-19(2,14)13(15-9-5-3-7-11(15)17)16-10-6-4-8-12(16)18-19/h3-10,13H,1-2H3/t13-/m1/s1. The summed E-state index contributed by atoms with van der Waals surface area (Å²) < 4.78 is 9.61. The average Bonchev–Trinajstić information content (AvgIpc) is 2.55. The van der Waals surface area contributed by atoms with Crippen molar-refractivity contribution in [2.24, 2.45) is 0 Å². The Bertz CT molecular complexity index is 705. The maximum atomic E-state index is 12.1. The predicted octanol–water partition coefficient (Wildman–Crippen LogP) is 2.01. The maximum absolute atomic E-state index is 12.1. The molecule has 0 unspecified atom stereocenters. The summed E-state index contributed by atoms with van der Waals surface area (Å²) in [4.78, 5) is 12.1. The molecular weight excluding hydrogens is 280 g/mol. The molecule has 0 saturated carbocycles. The number of pyridine rings is 2. The Balaban J connectivity index is 2.29. The molecule has 1 aliphatic heterocycles. The number of rotatable bonds is 1. The van der Waals surface area contributed by atoms with Gasteiger partial charge in [0.1, 0.15) is 0 Å². The monoisotopic (exact) mass is 294 g/mol. The van der Waals surface area contributed by atoms with Crippen LogP contribution in [0.25, 0.3) is 0 Å². The van der Waals surface area contributed by atoms with Gasteiger partial charge in [-0.1, -0.05) is 0 Å². The minimum absolute atomic E-state index is 0.0790. The second kappa shape index (κ2) is 3.71. The summed E-state index contributed by atoms with van der Waals surface area (Å²) in [6.45, 7) is 0.559. The quantitative estimate of drug-likeness (QED) is 0.458. The molecule has 4 nitrogen and oxygen atoms in total. The number of hydrogen-bond donors (Lipinski definition) is 0. The van der Waals surface area contributed by atoms with E-state index in [2.05, 4.69) is 0 Å². The van der Waals surface area contributed by atoms with Gasteiger partial charge in [-0.15, -0.1) is 0 Å². The Labute approximate surface area is 116 Å². The van der Waals surface area contributed by atoms with Gasteiger partial charge in [0.05, 0.1) is 0 Å². The van der Waals surface area contributed by atoms with Crippen LogP contribution < -0.4 is 14.6 Å². The van der Waals surface area contributed by atoms with Crippen LogP contribution in [0.5, 0.6) is 5.88 Å². The molecule has 0 aliphatic carbocycles. The molecule has 1 atom stereocenters. The number of fused-ring (bicyclic) bond motifs is 1. The average molecular weight is 295 g/mol. The fourth-order valence-electron chi connectivity index (χ4n) is 2.64. The molecule has 0 amide bonds. The first-order valence-electron chi connectivity index (χ1n) is 6.15. The van der Waals surface area contributed by atoms with Gasteiger partial charge in [0.2, 0.25) is 0 Å². The summed E-state index contributed by atoms with van der Waals surface area (Å²) in [5.74, 6) is 0.406. The summed E-state index contributed by atoms with van der Waals surface area (Å²) in [6.07, 6.45) is 3.66. The first kappa shape index (κ1) is 12.4. The van der Waals surface area contributed by atoms with Gasteiger partial charge in [-0.25, -0.2) is 0 Å². The van der Waals surface area contributed by atoms with Gasteiger partial charge in [-0.3, -0.25) is 0 Å². The van der Waals surface area contributed by atoms with Gasteiger partial charge in [-0.05, 0) is 0 Å². The molecule has 2 aromatic heterocycles. The molecule has 2 aromatic rings. The van der Waals surface area contributed by atoms with Crippen LogP contribution in [0.3, 0.4) is 0 Å². The van der Waals surface area contributed by atoms with Crippen molar-refractivity contribution in [1.82, 2.24) is 4.57 Å². The van der Waals surface area contributed by atoms with Crippen LogP contribution in [0.4, 0.5) is 0 Å². The van der Waals surface area contributed by atoms with E-state index in [4.69, 9.17) is 15.5 Å². The van der Waals surface area contributed by atoms with Crippen molar-refractivity contribution in [3.8, 4) is 5.88 Å². The van der Waals surface area contributed by atoms with Gasteiger partial charge in [0.15, 0.2) is 0 Å². The van der Waals surface area contributed by atoms with Crippen molar-refractivity contribution < 1.29 is 8.99 Å². The molecule has 0 radical (unpaired) electrons. The van der Waals surface area contributed by atoms with Crippen LogP contribution in [0, 0.1) is 0 Å². The van der Waals surface area contributed by atoms with E-state index in [1.54, 1.807) is 16.8 Å². The van der Waals surface area contributed by atoms with E-state index in [-0.39, 0.29) is 11.3 Å². The zero-order chi connectivity index (χ0) is 13.7. The van der Waals surface area contributed by atoms with E-state index in [1.807, 2.05) is 48.1 Å². The third kappa shape index (κ3) is 1.89. The molecule has 0 bridgehead atoms. The van der Waals surface area contributed by atoms with Crippen molar-refractivity contribution in [3.05, 3.63) is 59.1 Å². The van der Waals surface area contributed by atoms with E-state index in [0.717, 1.165) is 0 Å². The molecule has 0 N–H and O–H groups in total. The molecule has 0 aromatic carbocycles. The second-order valence-corrected chi connectivity index (χ2v) is 14.0. The van der Waals surface area contributed by atoms with E-state index >= 15 is 0 Å². The van der Waals surface area contributed by atoms with Crippen LogP contribution in [0.2, 0.25) is 13.1 Å². The van der Waals surface area contributed by atoms with Crippen LogP contribution in [0.1, 0.15) is 5.79 Å². The third-order valence-electron chi connectivity index (χ3n) is 3.35. The second-order valence-electron chi connectivity index (χ2n) is 5.54. The number of nitrogens with zero attached hydrogens (tertiary/aromatic N) is 2. The normalized spacial score (nSPS) is 24.8. The van der Waals surface area contributed by atoms with Gasteiger partial charge in [-0.2, -0.15) is 0 Å². The van der Waals surface area contributed by atoms with Crippen LogP contribution in [-0.2, 0) is 0 Å². The molecule has 0 spiro atoms. The fraction of sp³-hybridized carbons (Fsp3) is 0.231. The molecule has 3 rings (SSSR count). The molecule has 6 heteroatoms. The van der Waals surface area contributed by atoms with Crippen LogP contribution >= 0.6 is 11.1 Å². The van der Waals surface area contributed by atoms with E-state index in [0.29, 0.717) is 5.88 Å². The van der Waals surface area contributed by atoms with E-state index in [1.165, 1.54) is 6.07 Å². The first-order chi connectivity index (χ1) is 8.87. The van der Waals surface area contributed by atoms with Crippen LogP contribution in [-0.4, -0.2) is 11.5 Å². The molecular formula is C13H15ClN2O2Si. The Morgan fingerprint density at radius 3 is 2.74 bits per heavy atom. The molecule has 1 aliphatic rings. The minimum atomic E-state index is -3.30. The van der Waals surface area contributed by atoms with E-state index < -0.39 is 6.90 Å². The summed E-state index contributed by atoms with van der Waals surface area (Å²) in [5.41, 5.74) is -0.0790. The van der Waals surface area contributed by atoms with Crippen LogP contribution in [0.15, 0.2) is 53.6 Å². The zero-order valence-electron chi connectivity index (χ0n) is 10.8. The van der Waals surface area contributed by atoms with Crippen molar-refractivity contribution in [2.75, 3.05) is 0 Å². The molecule has 0 fully saturated rings. The van der Waals surface area contributed by atoms with Gasteiger partial charge in [0, 0.05) is 0 Å². The number of hydrogen-bond acceptors (Lipinski definition) is 2. The SMILES string of the molecule is C[Si-]1(C)(Cl)Oc2cccc[n+]2[C@H]1n1ccccc1=O. The summed E-state index contributed by atoms with van der Waals surface area (Å²) in [6, 6.07) is 10.8. The first-order valence-corrected chi connectivity index (χ1v) is 10.6. The van der Waals surface area contributed by atoms with E-state index in [9.17, 15) is 4.79 Å². The van der Waals surface area contributed by atoms with Crippen molar-refractivity contribution in [3.63, 3.8) is 0 Å². The zero-order valence-corrected chi connectivity index (χ0v) is 12.5. The summed E-state index contributed by atoms with van der Waals surface area (Å²) >= 11 is 6.81. The molecule has 100 valence electrons. The van der Waals surface area contributed by atoms with Gasteiger partial charge >= 0.3 is 115 Å². The van der Waals surface area contributed by atoms with Crippen molar-refractivity contribution in [2.45, 2.75) is 18.9 Å².